The van der Waals surface area contributed by atoms with E-state index in [1.54, 1.807) is 11.3 Å². The second kappa shape index (κ2) is 6.45. The third kappa shape index (κ3) is 3.36. The van der Waals surface area contributed by atoms with Crippen LogP contribution in [-0.2, 0) is 6.54 Å². The van der Waals surface area contributed by atoms with E-state index in [9.17, 15) is 4.79 Å². The molecule has 5 heteroatoms. The number of amides is 1. The van der Waals surface area contributed by atoms with E-state index in [0.29, 0.717) is 12.6 Å². The molecule has 0 aliphatic carbocycles. The highest BCUT2D eigenvalue weighted by Gasteiger charge is 2.19. The topological polar surface area (TPSA) is 46.1 Å². The van der Waals surface area contributed by atoms with Crippen LogP contribution in [0.5, 0.6) is 0 Å². The Morgan fingerprint density at radius 3 is 2.90 bits per heavy atom. The van der Waals surface area contributed by atoms with Crippen molar-refractivity contribution in [2.45, 2.75) is 32.4 Å². The molecular weight excluding hydrogens is 282 g/mol. The summed E-state index contributed by atoms with van der Waals surface area (Å²) >= 11 is 1.73. The molecular formula is C16H21N3OS. The van der Waals surface area contributed by atoms with Crippen molar-refractivity contribution in [3.05, 3.63) is 45.9 Å². The number of hydrogen-bond acceptors (Lipinski definition) is 3. The number of carbonyl (C=O) groups excluding carboxylic acids is 1. The van der Waals surface area contributed by atoms with Crippen molar-refractivity contribution in [1.82, 2.24) is 15.2 Å². The predicted molar refractivity (Wildman–Crippen MR) is 85.8 cm³/mol. The smallest absolute Gasteiger partial charge is 0.268 e. The third-order valence-electron chi connectivity index (χ3n) is 3.93. The maximum absolute atomic E-state index is 12.4. The number of aryl methyl sites for hydroxylation is 1. The average Bonchev–Trinajstić information content (AvgIpc) is 3.14. The lowest BCUT2D eigenvalue weighted by Gasteiger charge is -2.25. The molecule has 3 heterocycles. The molecule has 0 radical (unpaired) electrons. The molecule has 1 saturated heterocycles. The maximum Gasteiger partial charge on any atom is 0.268 e. The molecule has 112 valence electrons. The number of rotatable bonds is 4. The van der Waals surface area contributed by atoms with Gasteiger partial charge in [0.25, 0.3) is 5.91 Å². The summed E-state index contributed by atoms with van der Waals surface area (Å²) in [5, 5.41) is 6.39. The Balaban J connectivity index is 1.65. The number of piperidine rings is 1. The molecule has 1 aliphatic heterocycles. The standard InChI is InChI=1S/C16H21N3OS/c1-12-4-5-14(21-12)11-18-16(20)15-3-2-10-19(15)13-6-8-17-9-7-13/h2-5,10,13,17H,6-9,11H2,1H3,(H,18,20). The Morgan fingerprint density at radius 2 is 2.19 bits per heavy atom. The Hall–Kier alpha value is -1.59. The zero-order chi connectivity index (χ0) is 14.7. The lowest BCUT2D eigenvalue weighted by molar-refractivity contribution is 0.0938. The van der Waals surface area contributed by atoms with Crippen LogP contribution >= 0.6 is 11.3 Å². The minimum absolute atomic E-state index is 0.0181. The van der Waals surface area contributed by atoms with E-state index in [1.807, 2.05) is 18.3 Å². The van der Waals surface area contributed by atoms with Gasteiger partial charge in [0.2, 0.25) is 0 Å². The monoisotopic (exact) mass is 303 g/mol. The molecule has 1 amide bonds. The van der Waals surface area contributed by atoms with E-state index in [0.717, 1.165) is 31.6 Å². The van der Waals surface area contributed by atoms with Gasteiger partial charge in [-0.05, 0) is 57.1 Å². The summed E-state index contributed by atoms with van der Waals surface area (Å²) in [6.45, 7) is 4.74. The highest BCUT2D eigenvalue weighted by Crippen LogP contribution is 2.21. The van der Waals surface area contributed by atoms with Crippen LogP contribution in [0, 0.1) is 6.92 Å². The van der Waals surface area contributed by atoms with Crippen LogP contribution in [0.15, 0.2) is 30.5 Å². The summed E-state index contributed by atoms with van der Waals surface area (Å²) in [5.41, 5.74) is 0.773. The molecule has 4 nitrogen and oxygen atoms in total. The quantitative estimate of drug-likeness (QED) is 0.912. The van der Waals surface area contributed by atoms with Gasteiger partial charge in [0, 0.05) is 22.0 Å². The predicted octanol–water partition coefficient (Wildman–Crippen LogP) is 2.71. The van der Waals surface area contributed by atoms with E-state index < -0.39 is 0 Å². The number of hydrogen-bond donors (Lipinski definition) is 2. The summed E-state index contributed by atoms with van der Waals surface area (Å²) in [6.07, 6.45) is 4.19. The number of carbonyl (C=O) groups is 1. The maximum atomic E-state index is 12.4. The van der Waals surface area contributed by atoms with Crippen LogP contribution in [-0.4, -0.2) is 23.6 Å². The molecule has 2 N–H and O–H groups in total. The molecule has 0 unspecified atom stereocenters. The Morgan fingerprint density at radius 1 is 1.38 bits per heavy atom. The summed E-state index contributed by atoms with van der Waals surface area (Å²) < 4.78 is 2.13. The Bertz CT molecular complexity index is 611. The molecule has 21 heavy (non-hydrogen) atoms. The molecule has 0 saturated carbocycles. The lowest BCUT2D eigenvalue weighted by Crippen LogP contribution is -2.32. The van der Waals surface area contributed by atoms with Gasteiger partial charge in [0.05, 0.1) is 6.54 Å². The first-order chi connectivity index (χ1) is 10.2. The van der Waals surface area contributed by atoms with Crippen LogP contribution in [0.4, 0.5) is 0 Å². The number of thiophene rings is 1. The highest BCUT2D eigenvalue weighted by atomic mass is 32.1. The van der Waals surface area contributed by atoms with Gasteiger partial charge in [-0.1, -0.05) is 0 Å². The Kier molecular flexibility index (Phi) is 4.41. The van der Waals surface area contributed by atoms with Crippen molar-refractivity contribution in [3.8, 4) is 0 Å². The second-order valence-corrected chi connectivity index (χ2v) is 6.85. The van der Waals surface area contributed by atoms with Crippen molar-refractivity contribution >= 4 is 17.2 Å². The molecule has 1 aliphatic rings. The minimum Gasteiger partial charge on any atom is -0.346 e. The van der Waals surface area contributed by atoms with Gasteiger partial charge in [-0.25, -0.2) is 0 Å². The molecule has 3 rings (SSSR count). The van der Waals surface area contributed by atoms with Crippen molar-refractivity contribution in [2.24, 2.45) is 0 Å². The molecule has 0 spiro atoms. The van der Waals surface area contributed by atoms with Crippen molar-refractivity contribution in [1.29, 1.82) is 0 Å². The SMILES string of the molecule is Cc1ccc(CNC(=O)c2cccn2C2CCNCC2)s1. The van der Waals surface area contributed by atoms with Crippen molar-refractivity contribution < 1.29 is 4.79 Å². The fourth-order valence-corrected chi connectivity index (χ4v) is 3.66. The fraction of sp³-hybridized carbons (Fsp3) is 0.438. The fourth-order valence-electron chi connectivity index (χ4n) is 2.83. The van der Waals surface area contributed by atoms with Crippen LogP contribution < -0.4 is 10.6 Å². The number of nitrogens with zero attached hydrogens (tertiary/aromatic N) is 1. The van der Waals surface area contributed by atoms with Gasteiger partial charge in [-0.15, -0.1) is 11.3 Å². The largest absolute Gasteiger partial charge is 0.346 e. The van der Waals surface area contributed by atoms with Crippen LogP contribution in [0.1, 0.15) is 39.1 Å². The van der Waals surface area contributed by atoms with Gasteiger partial charge in [-0.2, -0.15) is 0 Å². The van der Waals surface area contributed by atoms with Gasteiger partial charge in [-0.3, -0.25) is 4.79 Å². The summed E-state index contributed by atoms with van der Waals surface area (Å²) in [6, 6.07) is 8.48. The second-order valence-electron chi connectivity index (χ2n) is 5.48. The van der Waals surface area contributed by atoms with Gasteiger partial charge >= 0.3 is 0 Å². The highest BCUT2D eigenvalue weighted by molar-refractivity contribution is 7.11. The zero-order valence-corrected chi connectivity index (χ0v) is 13.1. The summed E-state index contributed by atoms with van der Waals surface area (Å²) in [4.78, 5) is 14.9. The molecule has 2 aromatic rings. The summed E-state index contributed by atoms with van der Waals surface area (Å²) in [5.74, 6) is 0.0181. The Labute approximate surface area is 129 Å². The van der Waals surface area contributed by atoms with Crippen molar-refractivity contribution in [2.75, 3.05) is 13.1 Å². The van der Waals surface area contributed by atoms with E-state index in [2.05, 4.69) is 34.3 Å². The molecule has 0 atom stereocenters. The minimum atomic E-state index is 0.0181. The number of nitrogens with one attached hydrogen (secondary N) is 2. The van der Waals surface area contributed by atoms with Gasteiger partial charge < -0.3 is 15.2 Å². The summed E-state index contributed by atoms with van der Waals surface area (Å²) in [7, 11) is 0. The normalized spacial score (nSPS) is 16.0. The first kappa shape index (κ1) is 14.4. The molecule has 0 aromatic carbocycles. The lowest BCUT2D eigenvalue weighted by atomic mass is 10.1. The first-order valence-corrected chi connectivity index (χ1v) is 8.27. The van der Waals surface area contributed by atoms with E-state index in [-0.39, 0.29) is 5.91 Å². The third-order valence-corrected chi connectivity index (χ3v) is 4.93. The number of aromatic nitrogens is 1. The molecule has 1 fully saturated rings. The average molecular weight is 303 g/mol. The van der Waals surface area contributed by atoms with E-state index in [4.69, 9.17) is 0 Å². The first-order valence-electron chi connectivity index (χ1n) is 7.45. The molecule has 2 aromatic heterocycles. The van der Waals surface area contributed by atoms with Gasteiger partial charge in [0.1, 0.15) is 5.69 Å². The molecule has 0 bridgehead atoms. The van der Waals surface area contributed by atoms with Crippen LogP contribution in [0.25, 0.3) is 0 Å². The van der Waals surface area contributed by atoms with E-state index >= 15 is 0 Å². The van der Waals surface area contributed by atoms with Crippen molar-refractivity contribution in [3.63, 3.8) is 0 Å². The van der Waals surface area contributed by atoms with Crippen LogP contribution in [0.3, 0.4) is 0 Å². The van der Waals surface area contributed by atoms with Crippen LogP contribution in [0.2, 0.25) is 0 Å². The van der Waals surface area contributed by atoms with Gasteiger partial charge in [0.15, 0.2) is 0 Å². The zero-order valence-electron chi connectivity index (χ0n) is 12.3. The van der Waals surface area contributed by atoms with E-state index in [1.165, 1.54) is 9.75 Å².